The van der Waals surface area contributed by atoms with Crippen molar-refractivity contribution in [2.24, 2.45) is 0 Å². The van der Waals surface area contributed by atoms with Crippen molar-refractivity contribution in [1.82, 2.24) is 9.80 Å². The molecule has 0 bridgehead atoms. The van der Waals surface area contributed by atoms with Gasteiger partial charge in [-0.1, -0.05) is 24.3 Å². The van der Waals surface area contributed by atoms with Crippen LogP contribution in [-0.2, 0) is 10.0 Å². The lowest BCUT2D eigenvalue weighted by Gasteiger charge is -2.28. The number of nitrogens with zero attached hydrogens (tertiary/aromatic N) is 3. The average molecular weight is 428 g/mol. The molecule has 2 fully saturated rings. The minimum absolute atomic E-state index is 0.0730. The molecule has 2 saturated heterocycles. The molecule has 160 valence electrons. The summed E-state index contributed by atoms with van der Waals surface area (Å²) in [5.41, 5.74) is 1.02. The Hall–Kier alpha value is -2.38. The fraction of sp³-hybridized carbons (Fsp3) is 0.435. The molecule has 0 spiro atoms. The first kappa shape index (κ1) is 20.9. The van der Waals surface area contributed by atoms with Gasteiger partial charge in [-0.2, -0.15) is 0 Å². The van der Waals surface area contributed by atoms with Gasteiger partial charge >= 0.3 is 0 Å². The molecule has 0 aromatic heterocycles. The summed E-state index contributed by atoms with van der Waals surface area (Å²) in [5, 5.41) is 0. The Morgan fingerprint density at radius 2 is 1.73 bits per heavy atom. The van der Waals surface area contributed by atoms with E-state index in [9.17, 15) is 13.2 Å². The number of anilines is 1. The molecule has 1 atom stereocenters. The van der Waals surface area contributed by atoms with Gasteiger partial charge in [-0.15, -0.1) is 0 Å². The molecule has 30 heavy (non-hydrogen) atoms. The molecule has 2 aromatic carbocycles. The number of sulfonamides is 1. The molecule has 4 rings (SSSR count). The molecule has 1 unspecified atom stereocenters. The lowest BCUT2D eigenvalue weighted by molar-refractivity contribution is 0.0708. The van der Waals surface area contributed by atoms with Crippen LogP contribution in [0.2, 0.25) is 0 Å². The molecule has 1 amide bonds. The van der Waals surface area contributed by atoms with Crippen LogP contribution in [0.1, 0.15) is 36.0 Å². The summed E-state index contributed by atoms with van der Waals surface area (Å²) in [6.45, 7) is 3.87. The number of amides is 1. The Morgan fingerprint density at radius 3 is 2.47 bits per heavy atom. The van der Waals surface area contributed by atoms with Gasteiger partial charge in [0, 0.05) is 31.7 Å². The molecule has 2 aliphatic heterocycles. The van der Waals surface area contributed by atoms with Crippen molar-refractivity contribution in [2.45, 2.75) is 36.6 Å². The van der Waals surface area contributed by atoms with Crippen LogP contribution >= 0.6 is 0 Å². The highest BCUT2D eigenvalue weighted by Gasteiger charge is 2.32. The molecule has 2 heterocycles. The van der Waals surface area contributed by atoms with E-state index in [0.29, 0.717) is 11.3 Å². The zero-order valence-electron chi connectivity index (χ0n) is 17.4. The van der Waals surface area contributed by atoms with Crippen LogP contribution in [0.5, 0.6) is 0 Å². The van der Waals surface area contributed by atoms with Crippen LogP contribution in [0, 0.1) is 0 Å². The zero-order chi connectivity index (χ0) is 21.1. The number of hydrogen-bond donors (Lipinski definition) is 0. The quantitative estimate of drug-likeness (QED) is 0.710. The van der Waals surface area contributed by atoms with Crippen LogP contribution in [0.15, 0.2) is 59.5 Å². The maximum Gasteiger partial charge on any atom is 0.264 e. The smallest absolute Gasteiger partial charge is 0.264 e. The fourth-order valence-electron chi connectivity index (χ4n) is 4.45. The second kappa shape index (κ2) is 8.78. The van der Waals surface area contributed by atoms with Crippen LogP contribution in [0.3, 0.4) is 0 Å². The third-order valence-corrected chi connectivity index (χ3v) is 7.95. The van der Waals surface area contributed by atoms with E-state index >= 15 is 0 Å². The lowest BCUT2D eigenvalue weighted by Crippen LogP contribution is -2.42. The van der Waals surface area contributed by atoms with E-state index in [2.05, 4.69) is 4.90 Å². The largest absolute Gasteiger partial charge is 0.334 e. The first-order chi connectivity index (χ1) is 14.5. The molecule has 6 nitrogen and oxygen atoms in total. The van der Waals surface area contributed by atoms with E-state index < -0.39 is 10.0 Å². The summed E-state index contributed by atoms with van der Waals surface area (Å²) in [6.07, 6.45) is 4.47. The number of hydrogen-bond acceptors (Lipinski definition) is 4. The van der Waals surface area contributed by atoms with Crippen LogP contribution in [0.25, 0.3) is 0 Å². The number of benzene rings is 2. The Morgan fingerprint density at radius 1 is 1.00 bits per heavy atom. The normalized spacial score (nSPS) is 19.9. The first-order valence-corrected chi connectivity index (χ1v) is 12.1. The van der Waals surface area contributed by atoms with Gasteiger partial charge in [0.2, 0.25) is 0 Å². The Kier molecular flexibility index (Phi) is 6.11. The van der Waals surface area contributed by atoms with Crippen molar-refractivity contribution in [3.8, 4) is 0 Å². The van der Waals surface area contributed by atoms with Gasteiger partial charge in [-0.25, -0.2) is 8.42 Å². The summed E-state index contributed by atoms with van der Waals surface area (Å²) in [6, 6.07) is 15.6. The summed E-state index contributed by atoms with van der Waals surface area (Å²) in [5.74, 6) is -0.0730. The standard InChI is InChI=1S/C23H29N3O3S/c1-24(20-10-3-2-4-11-20)30(28,29)22-13-7-9-19(17-22)23(27)26-16-8-12-21(26)18-25-14-5-6-15-25/h2-4,7,9-11,13,17,21H,5-6,8,12,14-16,18H2,1H3. The van der Waals surface area contributed by atoms with Crippen molar-refractivity contribution in [1.29, 1.82) is 0 Å². The number of carbonyl (C=O) groups excluding carboxylic acids is 1. The van der Waals surface area contributed by atoms with Gasteiger partial charge in [0.1, 0.15) is 0 Å². The van der Waals surface area contributed by atoms with E-state index in [0.717, 1.165) is 39.0 Å². The minimum atomic E-state index is -3.75. The SMILES string of the molecule is CN(c1ccccc1)S(=O)(=O)c1cccc(C(=O)N2CCCC2CN2CCCC2)c1. The second-order valence-electron chi connectivity index (χ2n) is 8.14. The number of rotatable bonds is 6. The van der Waals surface area contributed by atoms with Crippen molar-refractivity contribution in [3.05, 3.63) is 60.2 Å². The highest BCUT2D eigenvalue weighted by molar-refractivity contribution is 7.92. The van der Waals surface area contributed by atoms with E-state index in [1.807, 2.05) is 11.0 Å². The topological polar surface area (TPSA) is 60.9 Å². The zero-order valence-corrected chi connectivity index (χ0v) is 18.2. The highest BCUT2D eigenvalue weighted by atomic mass is 32.2. The molecular weight excluding hydrogens is 398 g/mol. The van der Waals surface area contributed by atoms with Crippen molar-refractivity contribution >= 4 is 21.6 Å². The van der Waals surface area contributed by atoms with Gasteiger partial charge in [0.25, 0.3) is 15.9 Å². The molecule has 0 saturated carbocycles. The van der Waals surface area contributed by atoms with E-state index in [4.69, 9.17) is 0 Å². The fourth-order valence-corrected chi connectivity index (χ4v) is 5.69. The summed E-state index contributed by atoms with van der Waals surface area (Å²) in [7, 11) is -2.22. The van der Waals surface area contributed by atoms with Gasteiger partial charge in [0.05, 0.1) is 10.6 Å². The van der Waals surface area contributed by atoms with Crippen LogP contribution in [-0.4, -0.2) is 63.4 Å². The third kappa shape index (κ3) is 4.23. The molecule has 2 aliphatic rings. The highest BCUT2D eigenvalue weighted by Crippen LogP contribution is 2.25. The van der Waals surface area contributed by atoms with E-state index in [-0.39, 0.29) is 16.8 Å². The Labute approximate surface area is 179 Å². The summed E-state index contributed by atoms with van der Waals surface area (Å²) >= 11 is 0. The first-order valence-electron chi connectivity index (χ1n) is 10.6. The van der Waals surface area contributed by atoms with Gasteiger partial charge < -0.3 is 9.80 Å². The number of para-hydroxylation sites is 1. The Bertz CT molecular complexity index is 988. The summed E-state index contributed by atoms with van der Waals surface area (Å²) < 4.78 is 27.5. The lowest BCUT2D eigenvalue weighted by atomic mass is 10.1. The predicted molar refractivity (Wildman–Crippen MR) is 118 cm³/mol. The van der Waals surface area contributed by atoms with E-state index in [1.54, 1.807) is 42.5 Å². The van der Waals surface area contributed by atoms with Crippen molar-refractivity contribution in [2.75, 3.05) is 37.5 Å². The van der Waals surface area contributed by atoms with Gasteiger partial charge in [0.15, 0.2) is 0 Å². The molecule has 7 heteroatoms. The monoisotopic (exact) mass is 427 g/mol. The molecule has 2 aromatic rings. The molecule has 0 radical (unpaired) electrons. The molecular formula is C23H29N3O3S. The maximum atomic E-state index is 13.2. The van der Waals surface area contributed by atoms with Gasteiger partial charge in [-0.3, -0.25) is 9.10 Å². The summed E-state index contributed by atoms with van der Waals surface area (Å²) in [4.78, 5) is 17.8. The minimum Gasteiger partial charge on any atom is -0.334 e. The number of carbonyl (C=O) groups is 1. The van der Waals surface area contributed by atoms with E-state index in [1.165, 1.54) is 30.3 Å². The second-order valence-corrected chi connectivity index (χ2v) is 10.1. The van der Waals surface area contributed by atoms with Crippen LogP contribution in [0.4, 0.5) is 5.69 Å². The number of likely N-dealkylation sites (tertiary alicyclic amines) is 2. The van der Waals surface area contributed by atoms with Crippen molar-refractivity contribution < 1.29 is 13.2 Å². The van der Waals surface area contributed by atoms with Crippen LogP contribution < -0.4 is 4.31 Å². The maximum absolute atomic E-state index is 13.2. The van der Waals surface area contributed by atoms with Crippen molar-refractivity contribution in [3.63, 3.8) is 0 Å². The Balaban J connectivity index is 1.54. The van der Waals surface area contributed by atoms with Gasteiger partial charge in [-0.05, 0) is 69.1 Å². The average Bonchev–Trinajstić information content (AvgIpc) is 3.46. The molecule has 0 aliphatic carbocycles. The predicted octanol–water partition coefficient (Wildman–Crippen LogP) is 3.21. The third-order valence-electron chi connectivity index (χ3n) is 6.16. The molecule has 0 N–H and O–H groups in total.